The maximum Gasteiger partial charge on any atom is 0.0697 e. The molecule has 88 valence electrons. The van der Waals surface area contributed by atoms with Crippen molar-refractivity contribution < 1.29 is 5.11 Å². The van der Waals surface area contributed by atoms with Crippen LogP contribution < -0.4 is 0 Å². The van der Waals surface area contributed by atoms with Gasteiger partial charge in [-0.05, 0) is 23.8 Å². The van der Waals surface area contributed by atoms with Crippen molar-refractivity contribution in [3.05, 3.63) is 51.2 Å². The second-order valence-corrected chi connectivity index (χ2v) is 4.71. The lowest BCUT2D eigenvalue weighted by atomic mass is 10.1. The summed E-state index contributed by atoms with van der Waals surface area (Å²) in [5.41, 5.74) is 2.24. The predicted molar refractivity (Wildman–Crippen MR) is 70.6 cm³/mol. The van der Waals surface area contributed by atoms with Crippen LogP contribution in [0.25, 0.3) is 11.1 Å². The van der Waals surface area contributed by atoms with Crippen molar-refractivity contribution in [3.8, 4) is 11.1 Å². The Labute approximate surface area is 114 Å². The molecule has 1 aromatic carbocycles. The average Bonchev–Trinajstić information content (AvgIpc) is 2.34. The summed E-state index contributed by atoms with van der Waals surface area (Å²) in [4.78, 5) is 4.03. The molecule has 2 aromatic rings. The van der Waals surface area contributed by atoms with Gasteiger partial charge in [0.25, 0.3) is 0 Å². The Balaban J connectivity index is 2.56. The molecule has 0 saturated carbocycles. The van der Waals surface area contributed by atoms with Crippen molar-refractivity contribution in [1.82, 2.24) is 4.98 Å². The zero-order chi connectivity index (χ0) is 12.4. The van der Waals surface area contributed by atoms with Gasteiger partial charge in [-0.15, -0.1) is 0 Å². The topological polar surface area (TPSA) is 33.1 Å². The van der Waals surface area contributed by atoms with Crippen molar-refractivity contribution in [2.45, 2.75) is 6.61 Å². The van der Waals surface area contributed by atoms with Crippen LogP contribution in [0, 0.1) is 0 Å². The summed E-state index contributed by atoms with van der Waals surface area (Å²) in [6, 6.07) is 5.08. The summed E-state index contributed by atoms with van der Waals surface area (Å²) in [7, 11) is 0. The Morgan fingerprint density at radius 1 is 0.941 bits per heavy atom. The number of hydrogen-bond acceptors (Lipinski definition) is 2. The van der Waals surface area contributed by atoms with E-state index in [-0.39, 0.29) is 6.61 Å². The first-order valence-electron chi connectivity index (χ1n) is 4.81. The summed E-state index contributed by atoms with van der Waals surface area (Å²) < 4.78 is 0. The maximum absolute atomic E-state index is 9.06. The van der Waals surface area contributed by atoms with Gasteiger partial charge in [-0.1, -0.05) is 34.8 Å². The van der Waals surface area contributed by atoms with Gasteiger partial charge in [0.1, 0.15) is 0 Å². The van der Waals surface area contributed by atoms with Crippen LogP contribution in [-0.4, -0.2) is 10.1 Å². The second-order valence-electron chi connectivity index (χ2n) is 3.49. The number of nitrogens with zero attached hydrogens (tertiary/aromatic N) is 1. The Morgan fingerprint density at radius 3 is 2.35 bits per heavy atom. The summed E-state index contributed by atoms with van der Waals surface area (Å²) in [6.45, 7) is -0.0697. The van der Waals surface area contributed by atoms with Gasteiger partial charge in [-0.3, -0.25) is 4.98 Å². The predicted octanol–water partition coefficient (Wildman–Crippen LogP) is 4.20. The smallest absolute Gasteiger partial charge is 0.0697 e. The number of halogens is 3. The molecule has 2 nitrogen and oxygen atoms in total. The van der Waals surface area contributed by atoms with E-state index in [2.05, 4.69) is 4.98 Å². The van der Waals surface area contributed by atoms with Crippen LogP contribution in [0.3, 0.4) is 0 Å². The lowest BCUT2D eigenvalue weighted by Crippen LogP contribution is -1.88. The third kappa shape index (κ3) is 2.72. The van der Waals surface area contributed by atoms with E-state index in [1.807, 2.05) is 0 Å². The molecule has 1 heterocycles. The van der Waals surface area contributed by atoms with E-state index < -0.39 is 0 Å². The number of aromatic nitrogens is 1. The molecule has 1 N–H and O–H groups in total. The summed E-state index contributed by atoms with van der Waals surface area (Å²) in [6.07, 6.45) is 3.25. The molecule has 0 aliphatic carbocycles. The molecule has 0 radical (unpaired) electrons. The number of pyridine rings is 1. The number of aliphatic hydroxyl groups is 1. The van der Waals surface area contributed by atoms with Gasteiger partial charge in [0.05, 0.1) is 21.7 Å². The Morgan fingerprint density at radius 2 is 1.65 bits per heavy atom. The van der Waals surface area contributed by atoms with Crippen LogP contribution in [0.2, 0.25) is 15.1 Å². The monoisotopic (exact) mass is 287 g/mol. The number of rotatable bonds is 2. The second kappa shape index (κ2) is 5.23. The highest BCUT2D eigenvalue weighted by Crippen LogP contribution is 2.35. The van der Waals surface area contributed by atoms with Crippen LogP contribution in [0.5, 0.6) is 0 Å². The number of aliphatic hydroxyl groups excluding tert-OH is 1. The van der Waals surface area contributed by atoms with Crippen LogP contribution in [-0.2, 0) is 6.61 Å². The molecule has 0 fully saturated rings. The molecule has 0 unspecified atom stereocenters. The van der Waals surface area contributed by atoms with Gasteiger partial charge in [0.15, 0.2) is 0 Å². The Bertz CT molecular complexity index is 557. The maximum atomic E-state index is 9.06. The molecule has 0 spiro atoms. The molecule has 0 saturated heterocycles. The highest BCUT2D eigenvalue weighted by atomic mass is 35.5. The van der Waals surface area contributed by atoms with Crippen LogP contribution in [0.4, 0.5) is 0 Å². The molecule has 0 amide bonds. The molecule has 2 rings (SSSR count). The molecule has 0 bridgehead atoms. The summed E-state index contributed by atoms with van der Waals surface area (Å²) >= 11 is 17.9. The molecular formula is C12H8Cl3NO. The van der Waals surface area contributed by atoms with Gasteiger partial charge < -0.3 is 5.11 Å². The lowest BCUT2D eigenvalue weighted by Gasteiger charge is -2.07. The van der Waals surface area contributed by atoms with E-state index in [0.29, 0.717) is 20.6 Å². The van der Waals surface area contributed by atoms with Crippen molar-refractivity contribution in [3.63, 3.8) is 0 Å². The zero-order valence-corrected chi connectivity index (χ0v) is 10.9. The fraction of sp³-hybridized carbons (Fsp3) is 0.0833. The fourth-order valence-corrected chi connectivity index (χ4v) is 2.12. The summed E-state index contributed by atoms with van der Waals surface area (Å²) in [5, 5.41) is 10.4. The molecular weight excluding hydrogens is 280 g/mol. The van der Waals surface area contributed by atoms with E-state index in [1.165, 1.54) is 0 Å². The van der Waals surface area contributed by atoms with Gasteiger partial charge in [-0.25, -0.2) is 0 Å². The van der Waals surface area contributed by atoms with Crippen molar-refractivity contribution in [2.75, 3.05) is 0 Å². The molecule has 1 aromatic heterocycles. The van der Waals surface area contributed by atoms with Crippen molar-refractivity contribution in [2.24, 2.45) is 0 Å². The zero-order valence-electron chi connectivity index (χ0n) is 8.62. The van der Waals surface area contributed by atoms with Crippen LogP contribution in [0.1, 0.15) is 5.56 Å². The fourth-order valence-electron chi connectivity index (χ4n) is 1.47. The largest absolute Gasteiger partial charge is 0.392 e. The Kier molecular flexibility index (Phi) is 3.89. The first-order chi connectivity index (χ1) is 8.11. The standard InChI is InChI=1S/C12H8Cl3NO/c13-10-3-12(15)11(14)2-9(10)8-1-7(6-17)4-16-5-8/h1-5,17H,6H2. The molecule has 17 heavy (non-hydrogen) atoms. The minimum absolute atomic E-state index is 0.0697. The normalized spacial score (nSPS) is 10.6. The molecule has 0 aliphatic heterocycles. The Hall–Kier alpha value is -0.800. The van der Waals surface area contributed by atoms with E-state index >= 15 is 0 Å². The van der Waals surface area contributed by atoms with E-state index in [1.54, 1.807) is 30.6 Å². The van der Waals surface area contributed by atoms with E-state index in [0.717, 1.165) is 11.1 Å². The van der Waals surface area contributed by atoms with Crippen molar-refractivity contribution in [1.29, 1.82) is 0 Å². The highest BCUT2D eigenvalue weighted by Gasteiger charge is 2.08. The van der Waals surface area contributed by atoms with Crippen LogP contribution >= 0.6 is 34.8 Å². The van der Waals surface area contributed by atoms with Gasteiger partial charge >= 0.3 is 0 Å². The van der Waals surface area contributed by atoms with Gasteiger partial charge in [0, 0.05) is 23.5 Å². The highest BCUT2D eigenvalue weighted by molar-refractivity contribution is 6.44. The molecule has 0 aliphatic rings. The first-order valence-corrected chi connectivity index (χ1v) is 5.95. The molecule has 0 atom stereocenters. The SMILES string of the molecule is OCc1cncc(-c2cc(Cl)c(Cl)cc2Cl)c1. The van der Waals surface area contributed by atoms with E-state index in [9.17, 15) is 0 Å². The third-order valence-electron chi connectivity index (χ3n) is 2.30. The van der Waals surface area contributed by atoms with Crippen molar-refractivity contribution >= 4 is 34.8 Å². The number of hydrogen-bond donors (Lipinski definition) is 1. The minimum Gasteiger partial charge on any atom is -0.392 e. The average molecular weight is 289 g/mol. The minimum atomic E-state index is -0.0697. The van der Waals surface area contributed by atoms with Gasteiger partial charge in [-0.2, -0.15) is 0 Å². The number of benzene rings is 1. The quantitative estimate of drug-likeness (QED) is 0.840. The van der Waals surface area contributed by atoms with E-state index in [4.69, 9.17) is 39.9 Å². The van der Waals surface area contributed by atoms with Gasteiger partial charge in [0.2, 0.25) is 0 Å². The van der Waals surface area contributed by atoms with Crippen LogP contribution in [0.15, 0.2) is 30.6 Å². The third-order valence-corrected chi connectivity index (χ3v) is 3.33. The first kappa shape index (κ1) is 12.7. The lowest BCUT2D eigenvalue weighted by molar-refractivity contribution is 0.281. The molecule has 5 heteroatoms. The summed E-state index contributed by atoms with van der Waals surface area (Å²) in [5.74, 6) is 0.